The highest BCUT2D eigenvalue weighted by Crippen LogP contribution is 2.38. The van der Waals surface area contributed by atoms with Crippen LogP contribution in [0, 0.1) is 23.0 Å². The van der Waals surface area contributed by atoms with Crippen molar-refractivity contribution in [1.82, 2.24) is 5.32 Å². The number of ether oxygens (including phenoxy) is 1. The van der Waals surface area contributed by atoms with Crippen LogP contribution in [0.25, 0.3) is 0 Å². The van der Waals surface area contributed by atoms with Gasteiger partial charge in [0.05, 0.1) is 11.0 Å². The fourth-order valence-corrected chi connectivity index (χ4v) is 3.11. The Morgan fingerprint density at radius 3 is 2.82 bits per heavy atom. The van der Waals surface area contributed by atoms with E-state index in [9.17, 15) is 14.9 Å². The first-order chi connectivity index (χ1) is 10.6. The number of nitro benzene ring substituents is 1. The third kappa shape index (κ3) is 3.11. The fourth-order valence-electron chi connectivity index (χ4n) is 3.11. The van der Waals surface area contributed by atoms with Crippen molar-refractivity contribution < 1.29 is 14.5 Å². The van der Waals surface area contributed by atoms with Gasteiger partial charge in [0.1, 0.15) is 5.56 Å². The minimum atomic E-state index is -0.501. The average Bonchev–Trinajstić information content (AvgIpc) is 3.31. The molecule has 22 heavy (non-hydrogen) atoms. The number of benzene rings is 1. The van der Waals surface area contributed by atoms with Gasteiger partial charge in [0.15, 0.2) is 0 Å². The highest BCUT2D eigenvalue weighted by Gasteiger charge is 2.36. The maximum Gasteiger partial charge on any atom is 0.282 e. The van der Waals surface area contributed by atoms with Crippen molar-refractivity contribution in [3.05, 3.63) is 39.4 Å². The number of carbonyl (C=O) groups is 1. The predicted molar refractivity (Wildman–Crippen MR) is 80.8 cm³/mol. The molecule has 1 N–H and O–H groups in total. The second kappa shape index (κ2) is 6.04. The summed E-state index contributed by atoms with van der Waals surface area (Å²) in [6.07, 6.45) is 4.19. The van der Waals surface area contributed by atoms with Crippen LogP contribution < -0.4 is 5.32 Å². The Labute approximate surface area is 129 Å². The van der Waals surface area contributed by atoms with Gasteiger partial charge in [-0.25, -0.2) is 0 Å². The Morgan fingerprint density at radius 1 is 1.36 bits per heavy atom. The second-order valence-corrected chi connectivity index (χ2v) is 6.17. The largest absolute Gasteiger partial charge is 0.378 e. The maximum absolute atomic E-state index is 12.5. The molecule has 2 fully saturated rings. The van der Waals surface area contributed by atoms with Crippen LogP contribution in [0.3, 0.4) is 0 Å². The van der Waals surface area contributed by atoms with Crippen LogP contribution in [0.1, 0.15) is 41.6 Å². The second-order valence-electron chi connectivity index (χ2n) is 6.17. The molecule has 1 aromatic carbocycles. The Morgan fingerprint density at radius 2 is 2.14 bits per heavy atom. The van der Waals surface area contributed by atoms with Gasteiger partial charge in [0, 0.05) is 18.7 Å². The van der Waals surface area contributed by atoms with Gasteiger partial charge >= 0.3 is 0 Å². The summed E-state index contributed by atoms with van der Waals surface area (Å²) in [6.45, 7) is 2.36. The molecule has 0 aromatic heterocycles. The van der Waals surface area contributed by atoms with Crippen LogP contribution in [-0.2, 0) is 4.74 Å². The van der Waals surface area contributed by atoms with E-state index in [1.165, 1.54) is 18.9 Å². The van der Waals surface area contributed by atoms with Crippen LogP contribution in [0.2, 0.25) is 0 Å². The quantitative estimate of drug-likeness (QED) is 0.684. The van der Waals surface area contributed by atoms with E-state index in [-0.39, 0.29) is 29.3 Å². The predicted octanol–water partition coefficient (Wildman–Crippen LogP) is 2.59. The molecule has 0 bridgehead atoms. The number of hydrogen-bond acceptors (Lipinski definition) is 4. The SMILES string of the molecule is Cc1cccc([N+](=O)[O-])c1C(=O)N[C@@H]1CCO[C@H](C2CC2)C1. The summed E-state index contributed by atoms with van der Waals surface area (Å²) < 4.78 is 5.75. The molecule has 1 aromatic rings. The zero-order chi connectivity index (χ0) is 15.7. The minimum absolute atomic E-state index is 0.0334. The smallest absolute Gasteiger partial charge is 0.282 e. The molecule has 1 amide bonds. The molecule has 0 unspecified atom stereocenters. The summed E-state index contributed by atoms with van der Waals surface area (Å²) in [7, 11) is 0. The summed E-state index contributed by atoms with van der Waals surface area (Å²) in [5.74, 6) is 0.277. The van der Waals surface area contributed by atoms with E-state index in [2.05, 4.69) is 5.32 Å². The van der Waals surface area contributed by atoms with Crippen LogP contribution in [0.4, 0.5) is 5.69 Å². The number of nitrogens with one attached hydrogen (secondary N) is 1. The van der Waals surface area contributed by atoms with Crippen LogP contribution >= 0.6 is 0 Å². The van der Waals surface area contributed by atoms with Crippen molar-refractivity contribution in [3.63, 3.8) is 0 Å². The molecular weight excluding hydrogens is 284 g/mol. The number of hydrogen-bond donors (Lipinski definition) is 1. The van der Waals surface area contributed by atoms with E-state index < -0.39 is 4.92 Å². The van der Waals surface area contributed by atoms with E-state index in [0.29, 0.717) is 18.1 Å². The summed E-state index contributed by atoms with van der Waals surface area (Å²) in [6, 6.07) is 4.73. The number of nitro groups is 1. The Balaban J connectivity index is 1.73. The van der Waals surface area contributed by atoms with Gasteiger partial charge in [-0.05, 0) is 44.1 Å². The van der Waals surface area contributed by atoms with Gasteiger partial charge in [-0.1, -0.05) is 12.1 Å². The number of rotatable bonds is 4. The summed E-state index contributed by atoms with van der Waals surface area (Å²) >= 11 is 0. The molecule has 6 nitrogen and oxygen atoms in total. The van der Waals surface area contributed by atoms with E-state index in [1.54, 1.807) is 19.1 Å². The maximum atomic E-state index is 12.5. The number of nitrogens with zero attached hydrogens (tertiary/aromatic N) is 1. The zero-order valence-corrected chi connectivity index (χ0v) is 12.6. The van der Waals surface area contributed by atoms with Gasteiger partial charge in [0.2, 0.25) is 0 Å². The Bertz CT molecular complexity index is 598. The standard InChI is InChI=1S/C16H20N2O4/c1-10-3-2-4-13(18(20)21)15(10)16(19)17-12-7-8-22-14(9-12)11-5-6-11/h2-4,11-12,14H,5-9H2,1H3,(H,17,19)/t12-,14+/m1/s1. The molecule has 1 aliphatic carbocycles. The molecule has 2 atom stereocenters. The van der Waals surface area contributed by atoms with Gasteiger partial charge in [-0.2, -0.15) is 0 Å². The molecule has 2 aliphatic rings. The summed E-state index contributed by atoms with van der Waals surface area (Å²) in [4.78, 5) is 23.1. The highest BCUT2D eigenvalue weighted by atomic mass is 16.6. The monoisotopic (exact) mass is 304 g/mol. The molecule has 0 radical (unpaired) electrons. The lowest BCUT2D eigenvalue weighted by molar-refractivity contribution is -0.385. The average molecular weight is 304 g/mol. The third-order valence-corrected chi connectivity index (χ3v) is 4.47. The first kappa shape index (κ1) is 15.0. The number of carbonyl (C=O) groups excluding carboxylic acids is 1. The van der Waals surface area contributed by atoms with Crippen molar-refractivity contribution in [3.8, 4) is 0 Å². The van der Waals surface area contributed by atoms with Gasteiger partial charge < -0.3 is 10.1 Å². The van der Waals surface area contributed by atoms with Crippen molar-refractivity contribution in [2.45, 2.75) is 44.8 Å². The van der Waals surface area contributed by atoms with Crippen LogP contribution in [0.15, 0.2) is 18.2 Å². The fraction of sp³-hybridized carbons (Fsp3) is 0.562. The van der Waals surface area contributed by atoms with Crippen molar-refractivity contribution in [1.29, 1.82) is 0 Å². The lowest BCUT2D eigenvalue weighted by Crippen LogP contribution is -2.43. The lowest BCUT2D eigenvalue weighted by atomic mass is 9.99. The van der Waals surface area contributed by atoms with Crippen LogP contribution in [-0.4, -0.2) is 29.6 Å². The minimum Gasteiger partial charge on any atom is -0.378 e. The van der Waals surface area contributed by atoms with Gasteiger partial charge in [0.25, 0.3) is 11.6 Å². The molecular formula is C16H20N2O4. The highest BCUT2D eigenvalue weighted by molar-refractivity contribution is 5.99. The number of amides is 1. The molecule has 1 heterocycles. The van der Waals surface area contributed by atoms with Crippen LogP contribution in [0.5, 0.6) is 0 Å². The van der Waals surface area contributed by atoms with Gasteiger partial charge in [-0.3, -0.25) is 14.9 Å². The van der Waals surface area contributed by atoms with E-state index in [1.807, 2.05) is 0 Å². The topological polar surface area (TPSA) is 81.5 Å². The van der Waals surface area contributed by atoms with Crippen molar-refractivity contribution >= 4 is 11.6 Å². The third-order valence-electron chi connectivity index (χ3n) is 4.47. The van der Waals surface area contributed by atoms with E-state index in [4.69, 9.17) is 4.74 Å². The molecule has 1 saturated carbocycles. The van der Waals surface area contributed by atoms with Crippen molar-refractivity contribution in [2.24, 2.45) is 5.92 Å². The first-order valence-corrected chi connectivity index (χ1v) is 7.72. The van der Waals surface area contributed by atoms with Crippen molar-refractivity contribution in [2.75, 3.05) is 6.61 Å². The first-order valence-electron chi connectivity index (χ1n) is 7.72. The summed E-state index contributed by atoms with van der Waals surface area (Å²) in [5.41, 5.74) is 0.655. The number of aryl methyl sites for hydroxylation is 1. The van der Waals surface area contributed by atoms with E-state index >= 15 is 0 Å². The Kier molecular flexibility index (Phi) is 4.11. The molecule has 1 aliphatic heterocycles. The molecule has 0 spiro atoms. The molecule has 6 heteroatoms. The summed E-state index contributed by atoms with van der Waals surface area (Å²) in [5, 5.41) is 14.1. The van der Waals surface area contributed by atoms with E-state index in [0.717, 1.165) is 12.8 Å². The zero-order valence-electron chi connectivity index (χ0n) is 12.6. The molecule has 1 saturated heterocycles. The Hall–Kier alpha value is -1.95. The van der Waals surface area contributed by atoms with Gasteiger partial charge in [-0.15, -0.1) is 0 Å². The normalized spacial score (nSPS) is 24.8. The molecule has 3 rings (SSSR count). The molecule has 118 valence electrons. The lowest BCUT2D eigenvalue weighted by Gasteiger charge is -2.30.